The number of thioether (sulfide) groups is 1. The number of carbonyl (C=O) groups is 3. The van der Waals surface area contributed by atoms with E-state index in [2.05, 4.69) is 10.6 Å². The van der Waals surface area contributed by atoms with Crippen molar-refractivity contribution < 1.29 is 34.4 Å². The Kier molecular flexibility index (Phi) is 12.3. The summed E-state index contributed by atoms with van der Waals surface area (Å²) in [5, 5.41) is 32.6. The van der Waals surface area contributed by atoms with Crippen LogP contribution < -0.4 is 10.6 Å². The number of carboxylic acid groups (broad SMARTS) is 1. The first-order valence-corrected chi connectivity index (χ1v) is 10.3. The molecular weight excluding hydrogens is 388 g/mol. The van der Waals surface area contributed by atoms with Gasteiger partial charge in [0.05, 0.1) is 12.0 Å². The molecule has 0 saturated heterocycles. The Morgan fingerprint density at radius 2 is 1.61 bits per heavy atom. The molecule has 28 heavy (non-hydrogen) atoms. The van der Waals surface area contributed by atoms with Gasteiger partial charge in [0.1, 0.15) is 0 Å². The van der Waals surface area contributed by atoms with E-state index >= 15 is 0 Å². The number of carboxylic acids is 1. The number of amides is 2. The van der Waals surface area contributed by atoms with E-state index < -0.39 is 23.3 Å². The average molecular weight is 423 g/mol. The van der Waals surface area contributed by atoms with Crippen molar-refractivity contribution in [1.29, 1.82) is 0 Å². The minimum Gasteiger partial charge on any atom is -0.481 e. The largest absolute Gasteiger partial charge is 0.481 e. The molecule has 0 fully saturated rings. The van der Waals surface area contributed by atoms with E-state index in [-0.39, 0.29) is 37.6 Å². The molecule has 1 atom stereocenters. The number of aliphatic hydroxyl groups is 2. The van der Waals surface area contributed by atoms with Gasteiger partial charge in [-0.05, 0) is 19.1 Å². The Morgan fingerprint density at radius 3 is 2.14 bits per heavy atom. The normalized spacial score (nSPS) is 13.8. The molecule has 5 N–H and O–H groups in total. The van der Waals surface area contributed by atoms with Gasteiger partial charge in [-0.3, -0.25) is 14.4 Å². The highest BCUT2D eigenvalue weighted by atomic mass is 32.2. The van der Waals surface area contributed by atoms with E-state index in [0.29, 0.717) is 18.7 Å². The first kappa shape index (κ1) is 26.6. The Balaban J connectivity index is 3.83. The summed E-state index contributed by atoms with van der Waals surface area (Å²) in [4.78, 5) is 34.3. The molecule has 2 amide bonds. The summed E-state index contributed by atoms with van der Waals surface area (Å²) in [6.07, 6.45) is -0.963. The van der Waals surface area contributed by atoms with E-state index in [0.717, 1.165) is 5.75 Å². The van der Waals surface area contributed by atoms with Crippen molar-refractivity contribution in [2.75, 3.05) is 31.7 Å². The van der Waals surface area contributed by atoms with Crippen molar-refractivity contribution in [1.82, 2.24) is 10.6 Å². The van der Waals surface area contributed by atoms with Crippen molar-refractivity contribution in [3.8, 4) is 0 Å². The Bertz CT molecular complexity index is 514. The molecule has 0 aliphatic rings. The minimum atomic E-state index is -1.59. The maximum Gasteiger partial charge on any atom is 0.306 e. The zero-order chi connectivity index (χ0) is 21.8. The molecule has 0 spiro atoms. The summed E-state index contributed by atoms with van der Waals surface area (Å²) in [5.74, 6) is -0.0207. The zero-order valence-corrected chi connectivity index (χ0v) is 17.9. The lowest BCUT2D eigenvalue weighted by Crippen LogP contribution is -2.37. The summed E-state index contributed by atoms with van der Waals surface area (Å²) in [7, 11) is 1.50. The van der Waals surface area contributed by atoms with Crippen LogP contribution >= 0.6 is 11.8 Å². The lowest BCUT2D eigenvalue weighted by Gasteiger charge is -2.26. The number of aliphatic hydroxyl groups excluding tert-OH is 1. The average Bonchev–Trinajstić information content (AvgIpc) is 2.56. The van der Waals surface area contributed by atoms with Gasteiger partial charge < -0.3 is 30.7 Å². The Hall–Kier alpha value is -1.36. The highest BCUT2D eigenvalue weighted by molar-refractivity contribution is 7.99. The highest BCUT2D eigenvalue weighted by Gasteiger charge is 2.29. The van der Waals surface area contributed by atoms with Gasteiger partial charge >= 0.3 is 5.97 Å². The zero-order valence-electron chi connectivity index (χ0n) is 17.1. The van der Waals surface area contributed by atoms with E-state index in [1.807, 2.05) is 0 Å². The third kappa shape index (κ3) is 12.2. The summed E-state index contributed by atoms with van der Waals surface area (Å²) in [6.45, 7) is 5.55. The van der Waals surface area contributed by atoms with Crippen LogP contribution in [0.3, 0.4) is 0 Å². The van der Waals surface area contributed by atoms with Gasteiger partial charge in [0, 0.05) is 44.2 Å². The van der Waals surface area contributed by atoms with Crippen LogP contribution in [0.4, 0.5) is 0 Å². The number of nitrogens with one attached hydrogen (secondary N) is 2. The fourth-order valence-electron chi connectivity index (χ4n) is 2.21. The monoisotopic (exact) mass is 422 g/mol. The van der Waals surface area contributed by atoms with Crippen LogP contribution in [0, 0.1) is 5.41 Å². The molecule has 0 bridgehead atoms. The van der Waals surface area contributed by atoms with Gasteiger partial charge in [-0.2, -0.15) is 11.8 Å². The second kappa shape index (κ2) is 13.0. The molecule has 164 valence electrons. The fraction of sp³-hybridized carbons (Fsp3) is 0.833. The van der Waals surface area contributed by atoms with Gasteiger partial charge in [-0.1, -0.05) is 13.8 Å². The van der Waals surface area contributed by atoms with Crippen molar-refractivity contribution in [2.45, 2.75) is 58.3 Å². The van der Waals surface area contributed by atoms with Crippen LogP contribution in [0.2, 0.25) is 0 Å². The number of ether oxygens (including phenoxy) is 1. The predicted octanol–water partition coefficient (Wildman–Crippen LogP) is 0.339. The second-order valence-corrected chi connectivity index (χ2v) is 8.80. The van der Waals surface area contributed by atoms with Crippen LogP contribution in [0.5, 0.6) is 0 Å². The quantitative estimate of drug-likeness (QED) is 0.188. The number of hydrogen-bond donors (Lipinski definition) is 5. The number of hydrogen-bond acceptors (Lipinski definition) is 7. The molecule has 0 radical (unpaired) electrons. The summed E-state index contributed by atoms with van der Waals surface area (Å²) in [6, 6.07) is 0. The van der Waals surface area contributed by atoms with E-state index in [1.54, 1.807) is 32.5 Å². The van der Waals surface area contributed by atoms with E-state index in [1.165, 1.54) is 7.11 Å². The van der Waals surface area contributed by atoms with Crippen molar-refractivity contribution in [2.24, 2.45) is 5.41 Å². The number of carbonyl (C=O) groups excluding carboxylic acids is 2. The van der Waals surface area contributed by atoms with Crippen LogP contribution in [-0.2, 0) is 19.1 Å². The lowest BCUT2D eigenvalue weighted by molar-refractivity contribution is -0.143. The molecule has 0 heterocycles. The predicted molar refractivity (Wildman–Crippen MR) is 107 cm³/mol. The molecule has 0 aliphatic heterocycles. The smallest absolute Gasteiger partial charge is 0.306 e. The molecule has 0 aliphatic carbocycles. The number of aliphatic carboxylic acids is 1. The standard InChI is InChI=1S/C18H34N2O7S/c1-17(2,16(25)26)11-14(22)19-7-5-13(21)20-8-10-28-9-6-18(3,27-4)12-15(23)24/h16,25-26H,5-12H2,1-4H3,(H,19,22)(H,20,21)(H,23,24). The van der Waals surface area contributed by atoms with Crippen molar-refractivity contribution >= 4 is 29.5 Å². The molecule has 9 nitrogen and oxygen atoms in total. The van der Waals surface area contributed by atoms with Crippen molar-refractivity contribution in [3.63, 3.8) is 0 Å². The first-order valence-electron chi connectivity index (χ1n) is 9.16. The topological polar surface area (TPSA) is 145 Å². The molecule has 1 unspecified atom stereocenters. The van der Waals surface area contributed by atoms with Gasteiger partial charge in [-0.25, -0.2) is 0 Å². The molecule has 0 aromatic rings. The van der Waals surface area contributed by atoms with Crippen molar-refractivity contribution in [3.05, 3.63) is 0 Å². The van der Waals surface area contributed by atoms with E-state index in [4.69, 9.17) is 9.84 Å². The van der Waals surface area contributed by atoms with Crippen LogP contribution in [0.25, 0.3) is 0 Å². The maximum atomic E-state index is 11.7. The van der Waals surface area contributed by atoms with Crippen LogP contribution in [0.15, 0.2) is 0 Å². The maximum absolute atomic E-state index is 11.7. The molecule has 0 aromatic carbocycles. The molecule has 0 saturated carbocycles. The first-order chi connectivity index (χ1) is 12.9. The van der Waals surface area contributed by atoms with Crippen LogP contribution in [-0.4, -0.2) is 76.7 Å². The Morgan fingerprint density at radius 1 is 1.00 bits per heavy atom. The number of rotatable bonds is 15. The summed E-state index contributed by atoms with van der Waals surface area (Å²) < 4.78 is 5.27. The molecule has 0 rings (SSSR count). The second-order valence-electron chi connectivity index (χ2n) is 7.58. The molecule has 0 aromatic heterocycles. The third-order valence-corrected chi connectivity index (χ3v) is 5.34. The van der Waals surface area contributed by atoms with Gasteiger partial charge in [0.15, 0.2) is 6.29 Å². The fourth-order valence-corrected chi connectivity index (χ4v) is 3.23. The van der Waals surface area contributed by atoms with Crippen LogP contribution in [0.1, 0.15) is 46.5 Å². The Labute approximate surface area is 170 Å². The summed E-state index contributed by atoms with van der Waals surface area (Å²) in [5.41, 5.74) is -1.64. The third-order valence-electron chi connectivity index (χ3n) is 4.35. The van der Waals surface area contributed by atoms with Gasteiger partial charge in [0.25, 0.3) is 0 Å². The highest BCUT2D eigenvalue weighted by Crippen LogP contribution is 2.23. The van der Waals surface area contributed by atoms with Gasteiger partial charge in [0.2, 0.25) is 11.8 Å². The minimum absolute atomic E-state index is 0.0504. The summed E-state index contributed by atoms with van der Waals surface area (Å²) >= 11 is 1.60. The SMILES string of the molecule is COC(C)(CCSCCNC(=O)CCNC(=O)CC(C)(C)C(O)O)CC(=O)O. The molecular formula is C18H34N2O7S. The molecule has 10 heteroatoms. The van der Waals surface area contributed by atoms with E-state index in [9.17, 15) is 24.6 Å². The lowest BCUT2D eigenvalue weighted by atomic mass is 9.88. The van der Waals surface area contributed by atoms with Gasteiger partial charge in [-0.15, -0.1) is 0 Å². The number of methoxy groups -OCH3 is 1.